The summed E-state index contributed by atoms with van der Waals surface area (Å²) < 4.78 is 4.85. The Hall–Kier alpha value is -3.10. The number of imidazole rings is 1. The number of amides is 3. The largest absolute Gasteiger partial charge is 0.383 e. The number of thioether (sulfide) groups is 1. The summed E-state index contributed by atoms with van der Waals surface area (Å²) in [6.07, 6.45) is 0. The first-order chi connectivity index (χ1) is 14.2. The van der Waals surface area contributed by atoms with Gasteiger partial charge in [-0.2, -0.15) is 0 Å². The molecule has 7 nitrogen and oxygen atoms in total. The van der Waals surface area contributed by atoms with Gasteiger partial charge >= 0.3 is 6.03 Å². The second-order valence-electron chi connectivity index (χ2n) is 6.08. The summed E-state index contributed by atoms with van der Waals surface area (Å²) in [5, 5.41) is 5.44. The van der Waals surface area contributed by atoms with Crippen LogP contribution in [-0.2, 0) is 9.53 Å². The number of imide groups is 1. The van der Waals surface area contributed by atoms with Crippen molar-refractivity contribution in [2.75, 3.05) is 26.0 Å². The molecule has 0 aliphatic rings. The lowest BCUT2D eigenvalue weighted by atomic mass is 10.1. The quantitative estimate of drug-likeness (QED) is 0.391. The van der Waals surface area contributed by atoms with Crippen LogP contribution in [0.1, 0.15) is 0 Å². The Labute approximate surface area is 173 Å². The highest BCUT2D eigenvalue weighted by molar-refractivity contribution is 7.99. The lowest BCUT2D eigenvalue weighted by molar-refractivity contribution is -0.117. The van der Waals surface area contributed by atoms with E-state index in [1.165, 1.54) is 18.9 Å². The van der Waals surface area contributed by atoms with E-state index in [0.29, 0.717) is 18.3 Å². The van der Waals surface area contributed by atoms with Gasteiger partial charge in [-0.05, 0) is 0 Å². The molecule has 3 aromatic rings. The maximum atomic E-state index is 12.0. The number of aromatic amines is 1. The predicted octanol–water partition coefficient (Wildman–Crippen LogP) is 3.31. The van der Waals surface area contributed by atoms with Crippen LogP contribution in [0.2, 0.25) is 0 Å². The highest BCUT2D eigenvalue weighted by Crippen LogP contribution is 2.32. The summed E-state index contributed by atoms with van der Waals surface area (Å²) in [6, 6.07) is 19.2. The first-order valence-electron chi connectivity index (χ1n) is 9.07. The predicted molar refractivity (Wildman–Crippen MR) is 114 cm³/mol. The number of hydrogen-bond acceptors (Lipinski definition) is 5. The van der Waals surface area contributed by atoms with E-state index in [9.17, 15) is 9.59 Å². The topological polar surface area (TPSA) is 96.1 Å². The lowest BCUT2D eigenvalue weighted by Gasteiger charge is -2.05. The van der Waals surface area contributed by atoms with Crippen LogP contribution < -0.4 is 10.6 Å². The number of rotatable bonds is 8. The van der Waals surface area contributed by atoms with Crippen molar-refractivity contribution in [3.05, 3.63) is 60.7 Å². The van der Waals surface area contributed by atoms with Crippen LogP contribution in [0, 0.1) is 0 Å². The summed E-state index contributed by atoms with van der Waals surface area (Å²) in [5.74, 6) is -0.336. The molecule has 3 N–H and O–H groups in total. The molecule has 0 saturated heterocycles. The van der Waals surface area contributed by atoms with Crippen LogP contribution in [0.3, 0.4) is 0 Å². The summed E-state index contributed by atoms with van der Waals surface area (Å²) >= 11 is 1.24. The minimum atomic E-state index is -0.540. The van der Waals surface area contributed by atoms with E-state index in [-0.39, 0.29) is 5.75 Å². The monoisotopic (exact) mass is 410 g/mol. The molecule has 0 unspecified atom stereocenters. The molecule has 150 valence electrons. The normalized spacial score (nSPS) is 10.5. The van der Waals surface area contributed by atoms with Gasteiger partial charge in [0.1, 0.15) is 0 Å². The van der Waals surface area contributed by atoms with E-state index < -0.39 is 11.9 Å². The Bertz CT molecular complexity index is 888. The van der Waals surface area contributed by atoms with E-state index in [2.05, 4.69) is 20.6 Å². The van der Waals surface area contributed by atoms with Gasteiger partial charge in [-0.25, -0.2) is 9.78 Å². The van der Waals surface area contributed by atoms with Gasteiger partial charge in [0.2, 0.25) is 5.91 Å². The summed E-state index contributed by atoms with van der Waals surface area (Å²) in [6.45, 7) is 0.717. The van der Waals surface area contributed by atoms with Crippen LogP contribution in [0.15, 0.2) is 65.8 Å². The zero-order chi connectivity index (χ0) is 20.5. The van der Waals surface area contributed by atoms with Crippen molar-refractivity contribution in [3.8, 4) is 22.5 Å². The van der Waals surface area contributed by atoms with E-state index in [1.54, 1.807) is 0 Å². The Kier molecular flexibility index (Phi) is 7.43. The number of aromatic nitrogens is 2. The molecule has 1 heterocycles. The maximum Gasteiger partial charge on any atom is 0.321 e. The van der Waals surface area contributed by atoms with Gasteiger partial charge in [0.05, 0.1) is 23.7 Å². The van der Waals surface area contributed by atoms with Crippen molar-refractivity contribution >= 4 is 23.7 Å². The van der Waals surface area contributed by atoms with Crippen molar-refractivity contribution in [2.45, 2.75) is 5.16 Å². The zero-order valence-corrected chi connectivity index (χ0v) is 16.8. The van der Waals surface area contributed by atoms with E-state index in [4.69, 9.17) is 4.74 Å². The molecule has 8 heteroatoms. The van der Waals surface area contributed by atoms with Crippen LogP contribution in [-0.4, -0.2) is 47.9 Å². The van der Waals surface area contributed by atoms with E-state index >= 15 is 0 Å². The minimum absolute atomic E-state index is 0.0632. The number of carbonyl (C=O) groups excluding carboxylic acids is 2. The Morgan fingerprint density at radius 1 is 1.03 bits per heavy atom. The third-order valence-corrected chi connectivity index (χ3v) is 4.85. The number of ether oxygens (including phenoxy) is 1. The molecule has 1 aromatic heterocycles. The molecule has 0 aliphatic carbocycles. The molecule has 0 spiro atoms. The fourth-order valence-corrected chi connectivity index (χ4v) is 3.32. The van der Waals surface area contributed by atoms with Crippen molar-refractivity contribution in [1.29, 1.82) is 0 Å². The zero-order valence-electron chi connectivity index (χ0n) is 16.0. The molecule has 0 saturated carbocycles. The third kappa shape index (κ3) is 5.94. The second kappa shape index (κ2) is 10.4. The fourth-order valence-electron chi connectivity index (χ4n) is 2.65. The number of urea groups is 1. The number of hydrogen-bond donors (Lipinski definition) is 3. The standard InChI is InChI=1S/C21H22N4O3S/c1-28-13-12-22-20(27)23-17(26)14-29-21-24-18(15-8-4-2-5-9-15)19(25-21)16-10-6-3-7-11-16/h2-11H,12-14H2,1H3,(H,24,25)(H2,22,23,26,27). The van der Waals surface area contributed by atoms with Crippen molar-refractivity contribution in [2.24, 2.45) is 0 Å². The molecule has 0 aliphatic heterocycles. The molecule has 29 heavy (non-hydrogen) atoms. The van der Waals surface area contributed by atoms with Gasteiger partial charge < -0.3 is 15.0 Å². The highest BCUT2D eigenvalue weighted by Gasteiger charge is 2.15. The minimum Gasteiger partial charge on any atom is -0.383 e. The van der Waals surface area contributed by atoms with Crippen LogP contribution >= 0.6 is 11.8 Å². The van der Waals surface area contributed by atoms with Crippen molar-refractivity contribution in [1.82, 2.24) is 20.6 Å². The number of benzene rings is 2. The molecule has 2 aromatic carbocycles. The van der Waals surface area contributed by atoms with Gasteiger partial charge in [0.15, 0.2) is 5.16 Å². The summed E-state index contributed by atoms with van der Waals surface area (Å²) in [4.78, 5) is 31.6. The Morgan fingerprint density at radius 3 is 2.34 bits per heavy atom. The first-order valence-corrected chi connectivity index (χ1v) is 10.1. The molecule has 0 atom stereocenters. The van der Waals surface area contributed by atoms with Crippen molar-refractivity contribution in [3.63, 3.8) is 0 Å². The average Bonchev–Trinajstić information content (AvgIpc) is 3.18. The Balaban J connectivity index is 1.70. The number of carbonyl (C=O) groups is 2. The third-order valence-electron chi connectivity index (χ3n) is 3.98. The smallest absolute Gasteiger partial charge is 0.321 e. The van der Waals surface area contributed by atoms with Gasteiger partial charge in [0.25, 0.3) is 0 Å². The molecule has 0 fully saturated rings. The van der Waals surface area contributed by atoms with Crippen LogP contribution in [0.5, 0.6) is 0 Å². The van der Waals surface area contributed by atoms with Gasteiger partial charge in [-0.3, -0.25) is 10.1 Å². The lowest BCUT2D eigenvalue weighted by Crippen LogP contribution is -2.41. The molecular weight excluding hydrogens is 388 g/mol. The molecule has 3 rings (SSSR count). The number of nitrogens with one attached hydrogen (secondary N) is 3. The summed E-state index contributed by atoms with van der Waals surface area (Å²) in [7, 11) is 1.54. The number of H-pyrrole nitrogens is 1. The second-order valence-corrected chi connectivity index (χ2v) is 7.05. The van der Waals surface area contributed by atoms with E-state index in [0.717, 1.165) is 22.5 Å². The molecular formula is C21H22N4O3S. The average molecular weight is 410 g/mol. The van der Waals surface area contributed by atoms with Gasteiger partial charge in [0, 0.05) is 24.8 Å². The van der Waals surface area contributed by atoms with Crippen molar-refractivity contribution < 1.29 is 14.3 Å². The molecule has 0 bridgehead atoms. The number of methoxy groups -OCH3 is 1. The SMILES string of the molecule is COCCNC(=O)NC(=O)CSc1nc(-c2ccccc2)c(-c2ccccc2)[nH]1. The summed E-state index contributed by atoms with van der Waals surface area (Å²) in [5.41, 5.74) is 3.69. The number of nitrogens with zero attached hydrogens (tertiary/aromatic N) is 1. The van der Waals surface area contributed by atoms with Crippen LogP contribution in [0.4, 0.5) is 4.79 Å². The van der Waals surface area contributed by atoms with E-state index in [1.807, 2.05) is 60.7 Å². The highest BCUT2D eigenvalue weighted by atomic mass is 32.2. The molecule has 3 amide bonds. The maximum absolute atomic E-state index is 12.0. The Morgan fingerprint density at radius 2 is 1.69 bits per heavy atom. The first kappa shape index (κ1) is 20.6. The van der Waals surface area contributed by atoms with Crippen LogP contribution in [0.25, 0.3) is 22.5 Å². The van der Waals surface area contributed by atoms with Gasteiger partial charge in [-0.15, -0.1) is 0 Å². The van der Waals surface area contributed by atoms with Gasteiger partial charge in [-0.1, -0.05) is 72.4 Å². The fraction of sp³-hybridized carbons (Fsp3) is 0.190. The molecule has 0 radical (unpaired) electrons.